The Labute approximate surface area is 116 Å². The number of aromatic nitrogens is 1. The van der Waals surface area contributed by atoms with Gasteiger partial charge in [0.1, 0.15) is 0 Å². The summed E-state index contributed by atoms with van der Waals surface area (Å²) in [6.45, 7) is 6.18. The van der Waals surface area contributed by atoms with Crippen LogP contribution in [0.4, 0.5) is 0 Å². The van der Waals surface area contributed by atoms with Gasteiger partial charge in [0.25, 0.3) is 0 Å². The number of hydrogen-bond donors (Lipinski definition) is 0. The maximum absolute atomic E-state index is 4.74. The summed E-state index contributed by atoms with van der Waals surface area (Å²) in [7, 11) is 0. The highest BCUT2D eigenvalue weighted by Gasteiger charge is 2.30. The first-order valence-corrected chi connectivity index (χ1v) is 7.60. The topological polar surface area (TPSA) is 12.9 Å². The Bertz CT molecular complexity index is 506. The van der Waals surface area contributed by atoms with Crippen LogP contribution < -0.4 is 0 Å². The minimum Gasteiger partial charge on any atom is -0.261 e. The summed E-state index contributed by atoms with van der Waals surface area (Å²) in [5, 5.41) is 0. The maximum Gasteiger partial charge on any atom is 0.0469 e. The van der Waals surface area contributed by atoms with E-state index >= 15 is 0 Å². The maximum atomic E-state index is 4.74. The van der Waals surface area contributed by atoms with Crippen LogP contribution in [0.5, 0.6) is 0 Å². The average molecular weight is 253 g/mol. The Morgan fingerprint density at radius 2 is 2.21 bits per heavy atom. The molecule has 19 heavy (non-hydrogen) atoms. The number of hydrogen-bond acceptors (Lipinski definition) is 1. The van der Waals surface area contributed by atoms with Crippen molar-refractivity contribution in [2.75, 3.05) is 0 Å². The van der Waals surface area contributed by atoms with Crippen molar-refractivity contribution in [3.63, 3.8) is 0 Å². The second-order valence-corrected chi connectivity index (χ2v) is 6.28. The lowest BCUT2D eigenvalue weighted by molar-refractivity contribution is 0.499. The summed E-state index contributed by atoms with van der Waals surface area (Å²) in [5.74, 6) is 2.16. The molecule has 0 spiro atoms. The molecule has 0 N–H and O–H groups in total. The summed E-state index contributed by atoms with van der Waals surface area (Å²) >= 11 is 0. The van der Waals surface area contributed by atoms with Crippen molar-refractivity contribution in [1.29, 1.82) is 0 Å². The lowest BCUT2D eigenvalue weighted by atomic mass is 9.80. The van der Waals surface area contributed by atoms with Crippen molar-refractivity contribution >= 4 is 0 Å². The van der Waals surface area contributed by atoms with Gasteiger partial charge in [-0.1, -0.05) is 32.4 Å². The zero-order valence-corrected chi connectivity index (χ0v) is 11.9. The van der Waals surface area contributed by atoms with Gasteiger partial charge >= 0.3 is 0 Å². The van der Waals surface area contributed by atoms with Crippen molar-refractivity contribution in [2.24, 2.45) is 5.92 Å². The molecule has 0 aromatic carbocycles. The molecule has 2 aliphatic carbocycles. The first kappa shape index (κ1) is 12.7. The minimum atomic E-state index is 0.551. The Morgan fingerprint density at radius 3 is 2.95 bits per heavy atom. The molecule has 2 atom stereocenters. The lowest BCUT2D eigenvalue weighted by Gasteiger charge is -2.26. The summed E-state index contributed by atoms with van der Waals surface area (Å²) in [6.07, 6.45) is 9.64. The van der Waals surface area contributed by atoms with Gasteiger partial charge in [0, 0.05) is 17.8 Å². The van der Waals surface area contributed by atoms with Crippen LogP contribution in [0.15, 0.2) is 36.2 Å². The van der Waals surface area contributed by atoms with E-state index in [0.717, 1.165) is 18.8 Å². The van der Waals surface area contributed by atoms with E-state index in [-0.39, 0.29) is 0 Å². The van der Waals surface area contributed by atoms with E-state index in [1.807, 2.05) is 6.20 Å². The van der Waals surface area contributed by atoms with Gasteiger partial charge in [-0.3, -0.25) is 4.98 Å². The molecule has 0 amide bonds. The second-order valence-electron chi connectivity index (χ2n) is 6.28. The summed E-state index contributed by atoms with van der Waals surface area (Å²) in [5.41, 5.74) is 7.41. The van der Waals surface area contributed by atoms with Crippen molar-refractivity contribution in [1.82, 2.24) is 4.98 Å². The first-order valence-electron chi connectivity index (χ1n) is 7.60. The molecule has 1 heterocycles. The summed E-state index contributed by atoms with van der Waals surface area (Å²) < 4.78 is 0. The van der Waals surface area contributed by atoms with Crippen molar-refractivity contribution in [2.45, 2.75) is 57.3 Å². The highest BCUT2D eigenvalue weighted by atomic mass is 14.7. The normalized spacial score (nSPS) is 27.1. The fourth-order valence-corrected chi connectivity index (χ4v) is 3.40. The van der Waals surface area contributed by atoms with Gasteiger partial charge in [-0.2, -0.15) is 0 Å². The van der Waals surface area contributed by atoms with Crippen LogP contribution >= 0.6 is 0 Å². The molecule has 2 aliphatic rings. The van der Waals surface area contributed by atoms with E-state index in [4.69, 9.17) is 4.98 Å². The van der Waals surface area contributed by atoms with Crippen molar-refractivity contribution in [3.05, 3.63) is 47.5 Å². The number of rotatable bonds is 2. The third-order valence-electron chi connectivity index (χ3n) is 4.70. The number of allylic oxidation sites excluding steroid dienone is 1. The molecule has 100 valence electrons. The van der Waals surface area contributed by atoms with E-state index in [1.54, 1.807) is 0 Å². The van der Waals surface area contributed by atoms with E-state index < -0.39 is 0 Å². The van der Waals surface area contributed by atoms with E-state index in [9.17, 15) is 0 Å². The minimum absolute atomic E-state index is 0.551. The molecule has 1 saturated carbocycles. The predicted octanol–water partition coefficient (Wildman–Crippen LogP) is 4.96. The highest BCUT2D eigenvalue weighted by molar-refractivity contribution is 5.30. The molecule has 1 fully saturated rings. The molecule has 0 saturated heterocycles. The van der Waals surface area contributed by atoms with Gasteiger partial charge in [-0.25, -0.2) is 0 Å². The Balaban J connectivity index is 1.95. The Morgan fingerprint density at radius 1 is 1.37 bits per heavy atom. The van der Waals surface area contributed by atoms with Gasteiger partial charge < -0.3 is 0 Å². The molecule has 1 heteroatoms. The van der Waals surface area contributed by atoms with Gasteiger partial charge in [0.05, 0.1) is 0 Å². The molecule has 0 radical (unpaired) electrons. The number of nitrogens with zero attached hydrogens (tertiary/aromatic N) is 1. The third-order valence-corrected chi connectivity index (χ3v) is 4.70. The second kappa shape index (κ2) is 5.35. The molecule has 1 aromatic rings. The lowest BCUT2D eigenvalue weighted by Crippen LogP contribution is -2.12. The summed E-state index contributed by atoms with van der Waals surface area (Å²) in [4.78, 5) is 4.74. The predicted molar refractivity (Wildman–Crippen MR) is 79.2 cm³/mol. The molecule has 0 bridgehead atoms. The molecule has 3 rings (SSSR count). The van der Waals surface area contributed by atoms with Crippen LogP contribution in [-0.4, -0.2) is 4.98 Å². The number of pyridine rings is 1. The van der Waals surface area contributed by atoms with Gasteiger partial charge in [0.15, 0.2) is 0 Å². The van der Waals surface area contributed by atoms with Crippen LogP contribution in [0.3, 0.4) is 0 Å². The monoisotopic (exact) mass is 253 g/mol. The average Bonchev–Trinajstić information content (AvgIpc) is 3.24. The summed E-state index contributed by atoms with van der Waals surface area (Å²) in [6, 6.07) is 4.36. The molecular weight excluding hydrogens is 230 g/mol. The van der Waals surface area contributed by atoms with Crippen LogP contribution in [-0.2, 0) is 0 Å². The zero-order chi connectivity index (χ0) is 13.2. The molecule has 0 aliphatic heterocycles. The van der Waals surface area contributed by atoms with Crippen LogP contribution in [0.25, 0.3) is 0 Å². The van der Waals surface area contributed by atoms with Crippen LogP contribution in [0, 0.1) is 5.92 Å². The van der Waals surface area contributed by atoms with Gasteiger partial charge in [-0.15, -0.1) is 5.73 Å². The van der Waals surface area contributed by atoms with Crippen LogP contribution in [0.2, 0.25) is 0 Å². The quantitative estimate of drug-likeness (QED) is 0.678. The highest BCUT2D eigenvalue weighted by Crippen LogP contribution is 2.44. The fourth-order valence-electron chi connectivity index (χ4n) is 3.40. The molecule has 1 nitrogen and oxygen atoms in total. The SMILES string of the molecule is C=C=C1CCC(CC2CC2)c2ncccc2C(C)C1. The Kier molecular flexibility index (Phi) is 3.57. The van der Waals surface area contributed by atoms with E-state index in [2.05, 4.69) is 31.4 Å². The first-order chi connectivity index (χ1) is 9.28. The van der Waals surface area contributed by atoms with Gasteiger partial charge in [0.2, 0.25) is 0 Å². The van der Waals surface area contributed by atoms with E-state index in [1.165, 1.54) is 42.5 Å². The third kappa shape index (κ3) is 2.82. The fraction of sp³-hybridized carbons (Fsp3) is 0.556. The van der Waals surface area contributed by atoms with E-state index in [0.29, 0.717) is 11.8 Å². The van der Waals surface area contributed by atoms with Gasteiger partial charge in [-0.05, 0) is 54.7 Å². The smallest absolute Gasteiger partial charge is 0.0469 e. The molecular formula is C18H23N. The zero-order valence-electron chi connectivity index (χ0n) is 11.9. The molecule has 2 unspecified atom stereocenters. The molecule has 1 aromatic heterocycles. The van der Waals surface area contributed by atoms with Crippen LogP contribution in [0.1, 0.15) is 68.5 Å². The Hall–Kier alpha value is -1.33. The van der Waals surface area contributed by atoms with Crippen molar-refractivity contribution < 1.29 is 0 Å². The largest absolute Gasteiger partial charge is 0.261 e. The van der Waals surface area contributed by atoms with Crippen molar-refractivity contribution in [3.8, 4) is 0 Å². The number of fused-ring (bicyclic) bond motifs is 1. The standard InChI is InChI=1S/C18H23N/c1-3-14-8-9-16(12-15-6-7-15)18-17(13(2)11-14)5-4-10-19-18/h4-5,10,13,15-16H,1,6-9,11-12H2,2H3.